The Balaban J connectivity index is 1.50. The van der Waals surface area contributed by atoms with Crippen molar-refractivity contribution in [2.24, 2.45) is 0 Å². The number of aromatic nitrogens is 4. The van der Waals surface area contributed by atoms with Gasteiger partial charge in [-0.15, -0.1) is 0 Å². The highest BCUT2D eigenvalue weighted by atomic mass is 15.0. The first kappa shape index (κ1) is 17.1. The normalized spacial score (nSPS) is 14.3. The highest BCUT2D eigenvalue weighted by Gasteiger charge is 2.28. The van der Waals surface area contributed by atoms with Crippen molar-refractivity contribution in [2.45, 2.75) is 18.8 Å². The van der Waals surface area contributed by atoms with Gasteiger partial charge in [-0.3, -0.25) is 9.38 Å². The standard InChI is InChI=1S/C26H20N4/c1-17-13-21(14-17)26-29-25(24-16-27-11-12-30(24)26)20-8-7-19-9-10-22(28-23(19)15-20)18-5-3-2-4-6-18/h2-12,15-16,21H,1,13-14H2. The van der Waals surface area contributed by atoms with Gasteiger partial charge < -0.3 is 0 Å². The molecule has 0 saturated heterocycles. The van der Waals surface area contributed by atoms with Gasteiger partial charge in [0.1, 0.15) is 5.82 Å². The van der Waals surface area contributed by atoms with Crippen LogP contribution in [0, 0.1) is 0 Å². The average molecular weight is 388 g/mol. The predicted molar refractivity (Wildman–Crippen MR) is 120 cm³/mol. The first-order chi connectivity index (χ1) is 14.8. The van der Waals surface area contributed by atoms with Crippen LogP contribution in [0.2, 0.25) is 0 Å². The van der Waals surface area contributed by atoms with Crippen molar-refractivity contribution in [2.75, 3.05) is 0 Å². The fraction of sp³-hybridized carbons (Fsp3) is 0.115. The third kappa shape index (κ3) is 2.72. The lowest BCUT2D eigenvalue weighted by molar-refractivity contribution is 0.521. The minimum atomic E-state index is 0.435. The minimum absolute atomic E-state index is 0.435. The molecule has 0 radical (unpaired) electrons. The molecule has 0 atom stereocenters. The van der Waals surface area contributed by atoms with Crippen molar-refractivity contribution >= 4 is 16.4 Å². The summed E-state index contributed by atoms with van der Waals surface area (Å²) in [7, 11) is 0. The van der Waals surface area contributed by atoms with Gasteiger partial charge in [0.2, 0.25) is 0 Å². The fourth-order valence-corrected chi connectivity index (χ4v) is 4.32. The molecule has 5 aromatic rings. The minimum Gasteiger partial charge on any atom is -0.300 e. The van der Waals surface area contributed by atoms with Crippen LogP contribution < -0.4 is 0 Å². The van der Waals surface area contributed by atoms with Crippen molar-refractivity contribution in [3.05, 3.63) is 97.2 Å². The molecule has 0 N–H and O–H groups in total. The molecule has 0 spiro atoms. The fourth-order valence-electron chi connectivity index (χ4n) is 4.32. The van der Waals surface area contributed by atoms with Gasteiger partial charge in [-0.1, -0.05) is 60.7 Å². The molecule has 0 unspecified atom stereocenters. The van der Waals surface area contributed by atoms with Gasteiger partial charge >= 0.3 is 0 Å². The molecule has 30 heavy (non-hydrogen) atoms. The van der Waals surface area contributed by atoms with Crippen molar-refractivity contribution in [3.63, 3.8) is 0 Å². The van der Waals surface area contributed by atoms with Crippen LogP contribution in [0.25, 0.3) is 38.9 Å². The molecule has 1 aliphatic rings. The quantitative estimate of drug-likeness (QED) is 0.354. The topological polar surface area (TPSA) is 43.1 Å². The van der Waals surface area contributed by atoms with Gasteiger partial charge in [0.05, 0.1) is 28.6 Å². The van der Waals surface area contributed by atoms with E-state index in [9.17, 15) is 0 Å². The van der Waals surface area contributed by atoms with E-state index in [2.05, 4.69) is 58.4 Å². The van der Waals surface area contributed by atoms with Crippen molar-refractivity contribution in [3.8, 4) is 22.5 Å². The number of hydrogen-bond donors (Lipinski definition) is 0. The number of fused-ring (bicyclic) bond motifs is 2. The van der Waals surface area contributed by atoms with E-state index in [1.165, 1.54) is 5.57 Å². The predicted octanol–water partition coefficient (Wildman–Crippen LogP) is 6.05. The second-order valence-electron chi connectivity index (χ2n) is 7.98. The van der Waals surface area contributed by atoms with E-state index < -0.39 is 0 Å². The number of hydrogen-bond acceptors (Lipinski definition) is 3. The van der Waals surface area contributed by atoms with Crippen LogP contribution in [0.3, 0.4) is 0 Å². The Morgan fingerprint density at radius 2 is 1.73 bits per heavy atom. The lowest BCUT2D eigenvalue weighted by atomic mass is 9.80. The number of rotatable bonds is 3. The van der Waals surface area contributed by atoms with Crippen molar-refractivity contribution in [1.29, 1.82) is 0 Å². The number of benzene rings is 2. The Bertz CT molecular complexity index is 1410. The molecule has 3 heterocycles. The summed E-state index contributed by atoms with van der Waals surface area (Å²) in [5, 5.41) is 1.12. The van der Waals surface area contributed by atoms with Crippen molar-refractivity contribution in [1.82, 2.24) is 19.4 Å². The Morgan fingerprint density at radius 1 is 0.900 bits per heavy atom. The molecular weight excluding hydrogens is 368 g/mol. The maximum atomic E-state index is 5.06. The first-order valence-electron chi connectivity index (χ1n) is 10.2. The number of allylic oxidation sites excluding steroid dienone is 1. The van der Waals surface area contributed by atoms with Gasteiger partial charge in [-0.25, -0.2) is 9.97 Å². The van der Waals surface area contributed by atoms with Crippen LogP contribution in [-0.2, 0) is 0 Å². The molecule has 1 aliphatic carbocycles. The Labute approximate surface area is 174 Å². The molecule has 3 aromatic heterocycles. The summed E-state index contributed by atoms with van der Waals surface area (Å²) in [5.74, 6) is 1.53. The number of nitrogens with zero attached hydrogens (tertiary/aromatic N) is 4. The molecule has 4 nitrogen and oxygen atoms in total. The third-order valence-electron chi connectivity index (χ3n) is 5.94. The Kier molecular flexibility index (Phi) is 3.78. The van der Waals surface area contributed by atoms with Crippen LogP contribution in [0.4, 0.5) is 0 Å². The highest BCUT2D eigenvalue weighted by molar-refractivity contribution is 5.88. The summed E-state index contributed by atoms with van der Waals surface area (Å²) in [6.45, 7) is 4.09. The SMILES string of the molecule is C=C1CC(c2nc(-c3ccc4ccc(-c5ccccc5)nc4c3)c3cnccn23)C1. The summed E-state index contributed by atoms with van der Waals surface area (Å²) < 4.78 is 2.18. The maximum absolute atomic E-state index is 5.06. The van der Waals surface area contributed by atoms with Crippen LogP contribution in [0.5, 0.6) is 0 Å². The molecule has 144 valence electrons. The third-order valence-corrected chi connectivity index (χ3v) is 5.94. The van der Waals surface area contributed by atoms with Gasteiger partial charge in [0.15, 0.2) is 0 Å². The van der Waals surface area contributed by atoms with Crippen LogP contribution in [0.15, 0.2) is 91.4 Å². The van der Waals surface area contributed by atoms with E-state index in [1.54, 1.807) is 0 Å². The molecule has 0 aliphatic heterocycles. The Hall–Kier alpha value is -3.79. The van der Waals surface area contributed by atoms with Crippen LogP contribution >= 0.6 is 0 Å². The van der Waals surface area contributed by atoms with E-state index in [0.717, 1.165) is 57.6 Å². The molecule has 1 fully saturated rings. The molecule has 4 heteroatoms. The zero-order valence-corrected chi connectivity index (χ0v) is 16.5. The van der Waals surface area contributed by atoms with Gasteiger partial charge in [0, 0.05) is 34.8 Å². The summed E-state index contributed by atoms with van der Waals surface area (Å²) in [5.41, 5.74) is 7.43. The number of pyridine rings is 1. The smallest absolute Gasteiger partial charge is 0.117 e. The van der Waals surface area contributed by atoms with E-state index in [0.29, 0.717) is 5.92 Å². The number of imidazole rings is 1. The van der Waals surface area contributed by atoms with Gasteiger partial charge in [-0.2, -0.15) is 0 Å². The highest BCUT2D eigenvalue weighted by Crippen LogP contribution is 2.41. The summed E-state index contributed by atoms with van der Waals surface area (Å²) in [6.07, 6.45) is 7.76. The zero-order chi connectivity index (χ0) is 20.1. The molecule has 1 saturated carbocycles. The van der Waals surface area contributed by atoms with E-state index in [4.69, 9.17) is 9.97 Å². The van der Waals surface area contributed by atoms with E-state index in [1.807, 2.05) is 36.8 Å². The van der Waals surface area contributed by atoms with E-state index in [-0.39, 0.29) is 0 Å². The summed E-state index contributed by atoms with van der Waals surface area (Å²) >= 11 is 0. The first-order valence-corrected chi connectivity index (χ1v) is 10.2. The monoisotopic (exact) mass is 388 g/mol. The average Bonchev–Trinajstić information content (AvgIpc) is 3.16. The summed E-state index contributed by atoms with van der Waals surface area (Å²) in [4.78, 5) is 14.3. The second-order valence-corrected chi connectivity index (χ2v) is 7.98. The molecule has 6 rings (SSSR count). The van der Waals surface area contributed by atoms with Gasteiger partial charge in [-0.05, 0) is 25.0 Å². The molecule has 0 amide bonds. The van der Waals surface area contributed by atoms with Crippen LogP contribution in [0.1, 0.15) is 24.6 Å². The van der Waals surface area contributed by atoms with Gasteiger partial charge in [0.25, 0.3) is 0 Å². The van der Waals surface area contributed by atoms with Crippen LogP contribution in [-0.4, -0.2) is 19.4 Å². The molecular formula is C26H20N4. The lowest BCUT2D eigenvalue weighted by Gasteiger charge is -2.27. The molecule has 0 bridgehead atoms. The molecule has 2 aromatic carbocycles. The maximum Gasteiger partial charge on any atom is 0.117 e. The lowest BCUT2D eigenvalue weighted by Crippen LogP contribution is -2.14. The Morgan fingerprint density at radius 3 is 2.57 bits per heavy atom. The summed E-state index contributed by atoms with van der Waals surface area (Å²) in [6, 6.07) is 20.9. The second kappa shape index (κ2) is 6.63. The zero-order valence-electron chi connectivity index (χ0n) is 16.5. The van der Waals surface area contributed by atoms with Crippen molar-refractivity contribution < 1.29 is 0 Å². The largest absolute Gasteiger partial charge is 0.300 e. The van der Waals surface area contributed by atoms with E-state index >= 15 is 0 Å².